The average molecular weight is 449 g/mol. The summed E-state index contributed by atoms with van der Waals surface area (Å²) < 4.78 is 5.86. The first-order valence-corrected chi connectivity index (χ1v) is 11.8. The van der Waals surface area contributed by atoms with Gasteiger partial charge in [-0.15, -0.1) is 0 Å². The molecule has 2 aliphatic heterocycles. The number of pyridine rings is 1. The first-order chi connectivity index (χ1) is 16.2. The van der Waals surface area contributed by atoms with Crippen LogP contribution in [-0.4, -0.2) is 58.4 Å². The molecule has 9 heteroatoms. The molecule has 0 saturated carbocycles. The predicted molar refractivity (Wildman–Crippen MR) is 129 cm³/mol. The number of hydrogen-bond donors (Lipinski definition) is 3. The third kappa shape index (κ3) is 5.43. The molecule has 0 aliphatic carbocycles. The Hall–Kier alpha value is -3.17. The number of nitrogens with one attached hydrogen (secondary N) is 3. The smallest absolute Gasteiger partial charge is 0.157 e. The lowest BCUT2D eigenvalue weighted by molar-refractivity contribution is 0.291. The normalized spacial score (nSPS) is 20.8. The molecule has 5 rings (SSSR count). The molecule has 0 spiro atoms. The van der Waals surface area contributed by atoms with Crippen molar-refractivity contribution in [3.05, 3.63) is 60.6 Å². The number of hydrogen-bond acceptors (Lipinski definition) is 9. The molecule has 5 heterocycles. The van der Waals surface area contributed by atoms with Crippen LogP contribution in [0, 0.1) is 6.92 Å². The highest BCUT2D eigenvalue weighted by atomic mass is 16.3. The van der Waals surface area contributed by atoms with E-state index in [1.807, 2.05) is 25.3 Å². The van der Waals surface area contributed by atoms with E-state index in [1.165, 1.54) is 6.42 Å². The molecule has 3 aromatic heterocycles. The number of rotatable bonds is 8. The number of furan rings is 1. The maximum Gasteiger partial charge on any atom is 0.157 e. The number of aromatic nitrogens is 3. The monoisotopic (exact) mass is 448 g/mol. The summed E-state index contributed by atoms with van der Waals surface area (Å²) in [7, 11) is 0. The second-order valence-electron chi connectivity index (χ2n) is 8.71. The van der Waals surface area contributed by atoms with Gasteiger partial charge in [0.15, 0.2) is 12.1 Å². The average Bonchev–Trinajstić information content (AvgIpc) is 3.32. The first kappa shape index (κ1) is 21.7. The van der Waals surface area contributed by atoms with Crippen molar-refractivity contribution in [2.24, 2.45) is 0 Å². The number of fused-ring (bicyclic) bond motifs is 1. The summed E-state index contributed by atoms with van der Waals surface area (Å²) in [6.07, 6.45) is 10.4. The Morgan fingerprint density at radius 1 is 1.12 bits per heavy atom. The minimum atomic E-state index is -0.00447. The van der Waals surface area contributed by atoms with Crippen LogP contribution < -0.4 is 20.9 Å². The number of aryl methyl sites for hydroxylation is 1. The minimum absolute atomic E-state index is 0.00447. The summed E-state index contributed by atoms with van der Waals surface area (Å²) >= 11 is 0. The fraction of sp³-hybridized carbons (Fsp3) is 0.458. The fourth-order valence-corrected chi connectivity index (χ4v) is 4.63. The number of anilines is 3. The van der Waals surface area contributed by atoms with Crippen molar-refractivity contribution in [1.29, 1.82) is 0 Å². The van der Waals surface area contributed by atoms with Crippen LogP contribution in [-0.2, 0) is 6.54 Å². The van der Waals surface area contributed by atoms with Gasteiger partial charge in [0, 0.05) is 37.7 Å². The van der Waals surface area contributed by atoms with Gasteiger partial charge in [0.05, 0.1) is 18.4 Å². The highest BCUT2D eigenvalue weighted by Crippen LogP contribution is 2.33. The lowest BCUT2D eigenvalue weighted by atomic mass is 10.1. The molecule has 1 saturated heterocycles. The summed E-state index contributed by atoms with van der Waals surface area (Å²) in [6.45, 7) is 6.76. The molecule has 0 amide bonds. The third-order valence-corrected chi connectivity index (χ3v) is 6.31. The molecule has 2 atom stereocenters. The summed E-state index contributed by atoms with van der Waals surface area (Å²) in [4.78, 5) is 17.8. The van der Waals surface area contributed by atoms with E-state index in [1.54, 1.807) is 18.6 Å². The fourth-order valence-electron chi connectivity index (χ4n) is 4.63. The van der Waals surface area contributed by atoms with Gasteiger partial charge in [-0.25, -0.2) is 9.97 Å². The van der Waals surface area contributed by atoms with Crippen LogP contribution in [0.1, 0.15) is 30.8 Å². The minimum Gasteiger partial charge on any atom is -0.464 e. The second kappa shape index (κ2) is 10.2. The lowest BCUT2D eigenvalue weighted by Gasteiger charge is -2.30. The maximum absolute atomic E-state index is 5.86. The second-order valence-corrected chi connectivity index (χ2v) is 8.71. The molecule has 9 nitrogen and oxygen atoms in total. The van der Waals surface area contributed by atoms with Gasteiger partial charge >= 0.3 is 0 Å². The summed E-state index contributed by atoms with van der Waals surface area (Å²) in [6, 6.07) is 8.62. The van der Waals surface area contributed by atoms with Crippen LogP contribution in [0.4, 0.5) is 17.3 Å². The Morgan fingerprint density at radius 2 is 2.09 bits per heavy atom. The Labute approximate surface area is 194 Å². The molecule has 33 heavy (non-hydrogen) atoms. The van der Waals surface area contributed by atoms with Gasteiger partial charge in [0.1, 0.15) is 17.3 Å². The van der Waals surface area contributed by atoms with E-state index in [-0.39, 0.29) is 6.29 Å². The van der Waals surface area contributed by atoms with Crippen molar-refractivity contribution >= 4 is 17.3 Å². The molecule has 1 fully saturated rings. The zero-order valence-corrected chi connectivity index (χ0v) is 19.1. The van der Waals surface area contributed by atoms with Gasteiger partial charge in [0.2, 0.25) is 0 Å². The summed E-state index contributed by atoms with van der Waals surface area (Å²) in [5.74, 6) is 3.65. The Kier molecular flexibility index (Phi) is 6.68. The van der Waals surface area contributed by atoms with Gasteiger partial charge in [-0.2, -0.15) is 0 Å². The van der Waals surface area contributed by atoms with Gasteiger partial charge in [-0.3, -0.25) is 10.3 Å². The molecular weight excluding hydrogens is 416 g/mol. The van der Waals surface area contributed by atoms with Crippen LogP contribution in [0.2, 0.25) is 0 Å². The van der Waals surface area contributed by atoms with E-state index in [0.717, 1.165) is 67.9 Å². The predicted octanol–water partition coefficient (Wildman–Crippen LogP) is 3.04. The molecule has 3 N–H and O–H groups in total. The zero-order chi connectivity index (χ0) is 22.5. The van der Waals surface area contributed by atoms with Crippen LogP contribution in [0.5, 0.6) is 0 Å². The molecule has 2 unspecified atom stereocenters. The van der Waals surface area contributed by atoms with Gasteiger partial charge in [0.25, 0.3) is 0 Å². The number of nitrogens with zero attached hydrogens (tertiary/aromatic N) is 5. The third-order valence-electron chi connectivity index (χ3n) is 6.31. The molecule has 0 radical (unpaired) electrons. The highest BCUT2D eigenvalue weighted by Gasteiger charge is 2.32. The Morgan fingerprint density at radius 3 is 2.94 bits per heavy atom. The van der Waals surface area contributed by atoms with E-state index in [2.05, 4.69) is 52.8 Å². The van der Waals surface area contributed by atoms with E-state index >= 15 is 0 Å². The quantitative estimate of drug-likeness (QED) is 0.481. The van der Waals surface area contributed by atoms with Crippen molar-refractivity contribution < 1.29 is 4.42 Å². The zero-order valence-electron chi connectivity index (χ0n) is 19.1. The first-order valence-electron chi connectivity index (χ1n) is 11.8. The number of likely N-dealkylation sites (tertiary alicyclic amines) is 1. The molecular formula is C24H32N8O. The standard InChI is InChI=1S/C24H32N8O/c1-18-6-7-20(33-18)17-32-21-5-2-9-28-23(21)30-24(32)29-19-4-3-13-31(14-8-19)15-12-27-22-16-25-10-11-26-22/h2,5-7,9-11,16,19,24,29H,3-4,8,12-15,17H2,1H3,(H,26,27)(H,28,30). The Bertz CT molecular complexity index is 1030. The van der Waals surface area contributed by atoms with Crippen molar-refractivity contribution in [3.8, 4) is 0 Å². The van der Waals surface area contributed by atoms with Crippen LogP contribution in [0.15, 0.2) is 53.5 Å². The largest absolute Gasteiger partial charge is 0.464 e. The van der Waals surface area contributed by atoms with E-state index < -0.39 is 0 Å². The van der Waals surface area contributed by atoms with E-state index in [9.17, 15) is 0 Å². The van der Waals surface area contributed by atoms with Crippen molar-refractivity contribution in [1.82, 2.24) is 25.2 Å². The van der Waals surface area contributed by atoms with E-state index in [4.69, 9.17) is 4.42 Å². The molecule has 174 valence electrons. The van der Waals surface area contributed by atoms with Crippen LogP contribution in [0.25, 0.3) is 0 Å². The summed E-state index contributed by atoms with van der Waals surface area (Å²) in [5, 5.41) is 10.8. The maximum atomic E-state index is 5.86. The van der Waals surface area contributed by atoms with Crippen molar-refractivity contribution in [2.75, 3.05) is 41.7 Å². The topological polar surface area (TPSA) is 94.4 Å². The SMILES string of the molecule is Cc1ccc(CN2c3cccnc3NC2NC2CCCN(CCNc3cnccn3)CC2)o1. The molecule has 0 bridgehead atoms. The lowest BCUT2D eigenvalue weighted by Crippen LogP contribution is -2.51. The summed E-state index contributed by atoms with van der Waals surface area (Å²) in [5.41, 5.74) is 1.11. The highest BCUT2D eigenvalue weighted by molar-refractivity contribution is 5.71. The Balaban J connectivity index is 1.16. The molecule has 0 aromatic carbocycles. The van der Waals surface area contributed by atoms with Gasteiger partial charge < -0.3 is 24.9 Å². The molecule has 2 aliphatic rings. The van der Waals surface area contributed by atoms with Crippen LogP contribution in [0.3, 0.4) is 0 Å². The molecule has 3 aromatic rings. The van der Waals surface area contributed by atoms with Crippen LogP contribution >= 0.6 is 0 Å². The van der Waals surface area contributed by atoms with E-state index in [0.29, 0.717) is 12.6 Å². The van der Waals surface area contributed by atoms with Gasteiger partial charge in [-0.1, -0.05) is 0 Å². The van der Waals surface area contributed by atoms with Crippen molar-refractivity contribution in [2.45, 2.75) is 45.1 Å². The van der Waals surface area contributed by atoms with Gasteiger partial charge in [-0.05, 0) is 63.5 Å². The van der Waals surface area contributed by atoms with Crippen molar-refractivity contribution in [3.63, 3.8) is 0 Å².